The van der Waals surface area contributed by atoms with Gasteiger partial charge in [-0.3, -0.25) is 4.79 Å². The molecule has 3 fully saturated rings. The maximum Gasteiger partial charge on any atom is 0.409 e. The smallest absolute Gasteiger partial charge is 0.409 e. The van der Waals surface area contributed by atoms with E-state index in [-0.39, 0.29) is 17.7 Å². The lowest BCUT2D eigenvalue weighted by Crippen LogP contribution is -2.50. The van der Waals surface area contributed by atoms with Crippen LogP contribution in [0, 0.1) is 11.2 Å². The average Bonchev–Trinajstić information content (AvgIpc) is 3.04. The number of carbonyl (C=O) groups excluding carboxylic acids is 2. The second kappa shape index (κ2) is 8.41. The molecule has 4 rings (SSSR count). The highest BCUT2D eigenvalue weighted by molar-refractivity contribution is 5.86. The quantitative estimate of drug-likeness (QED) is 0.811. The van der Waals surface area contributed by atoms with Crippen molar-refractivity contribution in [2.24, 2.45) is 11.1 Å². The van der Waals surface area contributed by atoms with Crippen LogP contribution >= 0.6 is 0 Å². The fourth-order valence-corrected chi connectivity index (χ4v) is 5.28. The Bertz CT molecular complexity index is 827. The van der Waals surface area contributed by atoms with Crippen molar-refractivity contribution in [2.45, 2.75) is 51.5 Å². The molecule has 0 saturated carbocycles. The van der Waals surface area contributed by atoms with Crippen molar-refractivity contribution < 1.29 is 23.5 Å². The maximum absolute atomic E-state index is 15.3. The van der Waals surface area contributed by atoms with E-state index in [1.807, 2.05) is 9.80 Å². The van der Waals surface area contributed by atoms with Crippen molar-refractivity contribution in [2.75, 3.05) is 37.7 Å². The van der Waals surface area contributed by atoms with Gasteiger partial charge in [-0.25, -0.2) is 9.18 Å². The van der Waals surface area contributed by atoms with Crippen molar-refractivity contribution in [1.82, 2.24) is 4.90 Å². The average molecular weight is 419 g/mol. The normalized spacial score (nSPS) is 25.2. The van der Waals surface area contributed by atoms with E-state index in [1.165, 1.54) is 0 Å². The van der Waals surface area contributed by atoms with Crippen LogP contribution in [0.2, 0.25) is 0 Å². The van der Waals surface area contributed by atoms with Crippen LogP contribution in [-0.4, -0.2) is 55.8 Å². The fourth-order valence-electron chi connectivity index (χ4n) is 5.28. The number of anilines is 1. The van der Waals surface area contributed by atoms with Crippen LogP contribution in [0.5, 0.6) is 5.75 Å². The molecule has 0 radical (unpaired) electrons. The number of halogens is 1. The number of rotatable bonds is 4. The summed E-state index contributed by atoms with van der Waals surface area (Å²) in [6.45, 7) is 5.20. The largest absolute Gasteiger partial charge is 0.410 e. The highest BCUT2D eigenvalue weighted by atomic mass is 19.1. The summed E-state index contributed by atoms with van der Waals surface area (Å²) in [5.41, 5.74) is 5.44. The van der Waals surface area contributed by atoms with Crippen molar-refractivity contribution in [3.8, 4) is 5.75 Å². The Morgan fingerprint density at radius 3 is 2.77 bits per heavy atom. The summed E-state index contributed by atoms with van der Waals surface area (Å²) in [5.74, 6) is -0.0375. The number of benzene rings is 1. The third-order valence-corrected chi connectivity index (χ3v) is 6.84. The van der Waals surface area contributed by atoms with Gasteiger partial charge in [0.05, 0.1) is 11.1 Å². The lowest BCUT2D eigenvalue weighted by atomic mass is 9.78. The van der Waals surface area contributed by atoms with Gasteiger partial charge in [-0.1, -0.05) is 6.92 Å². The third-order valence-electron chi connectivity index (χ3n) is 6.84. The molecule has 1 atom stereocenters. The number of nitrogens with zero attached hydrogens (tertiary/aromatic N) is 2. The van der Waals surface area contributed by atoms with E-state index in [1.54, 1.807) is 19.1 Å². The minimum Gasteiger partial charge on any atom is -0.410 e. The Morgan fingerprint density at radius 2 is 2.07 bits per heavy atom. The Labute approximate surface area is 176 Å². The third kappa shape index (κ3) is 3.73. The first kappa shape index (κ1) is 20.9. The summed E-state index contributed by atoms with van der Waals surface area (Å²) in [5, 5.41) is 0. The molecule has 3 aliphatic heterocycles. The van der Waals surface area contributed by atoms with Crippen LogP contribution in [0.3, 0.4) is 0 Å². The molecule has 1 spiro atoms. The van der Waals surface area contributed by atoms with Gasteiger partial charge in [0.2, 0.25) is 5.91 Å². The van der Waals surface area contributed by atoms with Gasteiger partial charge in [-0.05, 0) is 50.7 Å². The highest BCUT2D eigenvalue weighted by Gasteiger charge is 2.50. The van der Waals surface area contributed by atoms with E-state index in [4.69, 9.17) is 15.2 Å². The molecule has 3 saturated heterocycles. The maximum atomic E-state index is 15.3. The van der Waals surface area contributed by atoms with E-state index < -0.39 is 17.3 Å². The van der Waals surface area contributed by atoms with Crippen LogP contribution < -0.4 is 15.4 Å². The number of hydrogen-bond donors (Lipinski definition) is 1. The van der Waals surface area contributed by atoms with E-state index in [9.17, 15) is 9.59 Å². The Morgan fingerprint density at radius 1 is 1.30 bits per heavy atom. The van der Waals surface area contributed by atoms with Gasteiger partial charge in [-0.2, -0.15) is 0 Å². The monoisotopic (exact) mass is 419 g/mol. The molecule has 2 amide bonds. The molecule has 8 heteroatoms. The first-order chi connectivity index (χ1) is 14.4. The molecule has 0 bridgehead atoms. The van der Waals surface area contributed by atoms with Crippen molar-refractivity contribution in [3.05, 3.63) is 23.5 Å². The van der Waals surface area contributed by atoms with Gasteiger partial charge in [0, 0.05) is 44.5 Å². The van der Waals surface area contributed by atoms with Crippen LogP contribution in [0.1, 0.15) is 44.6 Å². The van der Waals surface area contributed by atoms with Gasteiger partial charge >= 0.3 is 6.09 Å². The Balaban J connectivity index is 1.56. The molecule has 3 aliphatic rings. The summed E-state index contributed by atoms with van der Waals surface area (Å²) >= 11 is 0. The van der Waals surface area contributed by atoms with Gasteiger partial charge in [-0.15, -0.1) is 0 Å². The van der Waals surface area contributed by atoms with Crippen LogP contribution in [-0.2, 0) is 16.0 Å². The molecule has 164 valence electrons. The number of piperidine rings is 1. The molecule has 3 heterocycles. The van der Waals surface area contributed by atoms with Gasteiger partial charge < -0.3 is 25.0 Å². The lowest BCUT2D eigenvalue weighted by molar-refractivity contribution is -0.139. The van der Waals surface area contributed by atoms with Crippen LogP contribution in [0.15, 0.2) is 12.1 Å². The lowest BCUT2D eigenvalue weighted by Gasteiger charge is -2.41. The van der Waals surface area contributed by atoms with E-state index in [2.05, 4.69) is 0 Å². The van der Waals surface area contributed by atoms with Crippen LogP contribution in [0.4, 0.5) is 14.9 Å². The van der Waals surface area contributed by atoms with Gasteiger partial charge in [0.1, 0.15) is 5.75 Å². The predicted molar refractivity (Wildman–Crippen MR) is 110 cm³/mol. The molecule has 1 aromatic rings. The second-order valence-electron chi connectivity index (χ2n) is 8.55. The summed E-state index contributed by atoms with van der Waals surface area (Å²) < 4.78 is 25.7. The number of likely N-dealkylation sites (tertiary alicyclic amines) is 1. The van der Waals surface area contributed by atoms with E-state index in [0.29, 0.717) is 44.0 Å². The van der Waals surface area contributed by atoms with E-state index >= 15 is 4.39 Å². The summed E-state index contributed by atoms with van der Waals surface area (Å²) in [4.78, 5) is 28.6. The first-order valence-corrected chi connectivity index (χ1v) is 10.9. The number of nitrogens with two attached hydrogens (primary N) is 1. The zero-order valence-corrected chi connectivity index (χ0v) is 17.5. The fraction of sp³-hybridized carbons (Fsp3) is 0.636. The first-order valence-electron chi connectivity index (χ1n) is 10.9. The molecule has 1 aromatic carbocycles. The zero-order chi connectivity index (χ0) is 21.3. The van der Waals surface area contributed by atoms with Gasteiger partial charge in [0.15, 0.2) is 5.82 Å². The number of carbonyl (C=O) groups is 2. The predicted octanol–water partition coefficient (Wildman–Crippen LogP) is 2.84. The Kier molecular flexibility index (Phi) is 5.86. The highest BCUT2D eigenvalue weighted by Crippen LogP contribution is 2.44. The minimum atomic E-state index is -0.960. The summed E-state index contributed by atoms with van der Waals surface area (Å²) in [6, 6.07) is 3.48. The zero-order valence-electron chi connectivity index (χ0n) is 17.5. The molecule has 0 aliphatic carbocycles. The molecular weight excluding hydrogens is 389 g/mol. The standard InChI is InChI=1S/C22H30FN3O4/c1-2-16-18(30-21(24)28)5-4-17(19(16)23)25-10-3-8-22(14-25)9-11-26(20(22)27)15-6-12-29-13-7-15/h4-5,15H,2-3,6-14H2,1H3,(H2,24,28)/t22-/m1/s1. The number of primary amides is 1. The number of hydrogen-bond acceptors (Lipinski definition) is 5. The molecule has 0 aromatic heterocycles. The van der Waals surface area contributed by atoms with Crippen molar-refractivity contribution in [3.63, 3.8) is 0 Å². The van der Waals surface area contributed by atoms with Crippen molar-refractivity contribution in [1.29, 1.82) is 0 Å². The minimum absolute atomic E-state index is 0.153. The topological polar surface area (TPSA) is 85.1 Å². The summed E-state index contributed by atoms with van der Waals surface area (Å²) in [7, 11) is 0. The molecule has 2 N–H and O–H groups in total. The van der Waals surface area contributed by atoms with Crippen LogP contribution in [0.25, 0.3) is 0 Å². The molecule has 0 unspecified atom stereocenters. The van der Waals surface area contributed by atoms with E-state index in [0.717, 1.165) is 38.6 Å². The van der Waals surface area contributed by atoms with Crippen molar-refractivity contribution >= 4 is 17.7 Å². The second-order valence-corrected chi connectivity index (χ2v) is 8.55. The summed E-state index contributed by atoms with van der Waals surface area (Å²) in [6.07, 6.45) is 3.69. The molecular formula is C22H30FN3O4. The SMILES string of the molecule is CCc1c(OC(N)=O)ccc(N2CCC[C@@]3(CCN(C4CCOCC4)C3=O)C2)c1F. The number of ether oxygens (including phenoxy) is 2. The molecule has 30 heavy (non-hydrogen) atoms. The van der Waals surface area contributed by atoms with Gasteiger partial charge in [0.25, 0.3) is 0 Å². The number of amides is 2. The molecule has 7 nitrogen and oxygen atoms in total. The Hall–Kier alpha value is -2.35.